The molecule has 0 unspecified atom stereocenters. The highest BCUT2D eigenvalue weighted by Gasteiger charge is 2.11. The maximum Gasteiger partial charge on any atom is 0.0642 e. The van der Waals surface area contributed by atoms with Gasteiger partial charge in [0.25, 0.3) is 0 Å². The molecule has 0 saturated carbocycles. The molecule has 0 aliphatic carbocycles. The van der Waals surface area contributed by atoms with Gasteiger partial charge in [0.2, 0.25) is 0 Å². The Morgan fingerprint density at radius 1 is 0.903 bits per heavy atom. The molecule has 1 saturated heterocycles. The second-order valence-corrected chi connectivity index (χ2v) is 8.10. The van der Waals surface area contributed by atoms with Crippen LogP contribution < -0.4 is 4.90 Å². The van der Waals surface area contributed by atoms with E-state index in [1.165, 1.54) is 16.6 Å². The van der Waals surface area contributed by atoms with E-state index < -0.39 is 0 Å². The molecular weight excluding hydrogens is 406 g/mol. The van der Waals surface area contributed by atoms with E-state index in [-0.39, 0.29) is 0 Å². The lowest BCUT2D eigenvalue weighted by atomic mass is 10.2. The van der Waals surface area contributed by atoms with Crippen molar-refractivity contribution in [2.24, 2.45) is 4.99 Å². The summed E-state index contributed by atoms with van der Waals surface area (Å²) >= 11 is 6.39. The van der Waals surface area contributed by atoms with Crippen LogP contribution in [-0.4, -0.2) is 37.1 Å². The third-order valence-electron chi connectivity index (χ3n) is 5.70. The molecule has 5 rings (SSSR count). The maximum absolute atomic E-state index is 6.39. The molecule has 0 amide bonds. The maximum atomic E-state index is 6.39. The summed E-state index contributed by atoms with van der Waals surface area (Å²) in [5.41, 5.74) is 5.54. The van der Waals surface area contributed by atoms with E-state index in [0.717, 1.165) is 54.7 Å². The number of anilines is 1. The number of benzene rings is 3. The third kappa shape index (κ3) is 4.36. The summed E-state index contributed by atoms with van der Waals surface area (Å²) in [5.74, 6) is 0. The number of fused-ring (bicyclic) bond motifs is 1. The first kappa shape index (κ1) is 19.9. The largest absolute Gasteiger partial charge is 0.378 e. The third-order valence-corrected chi connectivity index (χ3v) is 6.07. The first-order chi connectivity index (χ1) is 15.3. The average molecular weight is 430 g/mol. The van der Waals surface area contributed by atoms with Gasteiger partial charge >= 0.3 is 0 Å². The fourth-order valence-electron chi connectivity index (χ4n) is 4.03. The summed E-state index contributed by atoms with van der Waals surface area (Å²) in [6.45, 7) is 4.18. The normalized spacial score (nSPS) is 14.5. The summed E-state index contributed by atoms with van der Waals surface area (Å²) in [5, 5.41) is 1.97. The molecule has 0 radical (unpaired) electrons. The minimum absolute atomic E-state index is 0.724. The summed E-state index contributed by atoms with van der Waals surface area (Å²) in [7, 11) is 0. The van der Waals surface area contributed by atoms with Crippen molar-refractivity contribution in [3.05, 3.63) is 95.1 Å². The van der Waals surface area contributed by atoms with Gasteiger partial charge in [0.05, 0.1) is 18.9 Å². The van der Waals surface area contributed by atoms with E-state index in [9.17, 15) is 0 Å². The minimum Gasteiger partial charge on any atom is -0.378 e. The molecule has 3 aromatic carbocycles. The highest BCUT2D eigenvalue weighted by Crippen LogP contribution is 2.25. The van der Waals surface area contributed by atoms with Gasteiger partial charge in [0.1, 0.15) is 0 Å². The van der Waals surface area contributed by atoms with Crippen molar-refractivity contribution < 1.29 is 4.74 Å². The Balaban J connectivity index is 1.40. The van der Waals surface area contributed by atoms with Crippen molar-refractivity contribution in [2.45, 2.75) is 6.54 Å². The molecule has 1 aliphatic heterocycles. The smallest absolute Gasteiger partial charge is 0.0642 e. The van der Waals surface area contributed by atoms with Gasteiger partial charge in [0.15, 0.2) is 0 Å². The van der Waals surface area contributed by atoms with Crippen LogP contribution in [0.15, 0.2) is 84.0 Å². The Kier molecular flexibility index (Phi) is 5.74. The molecule has 5 heteroatoms. The second kappa shape index (κ2) is 8.96. The molecule has 0 atom stereocenters. The Hall–Kier alpha value is -3.08. The van der Waals surface area contributed by atoms with Gasteiger partial charge in [-0.3, -0.25) is 4.99 Å². The number of halogens is 1. The Bertz CT molecular complexity index is 1210. The fraction of sp³-hybridized carbons (Fsp3) is 0.192. The molecule has 1 aliphatic rings. The van der Waals surface area contributed by atoms with Crippen molar-refractivity contribution in [1.82, 2.24) is 4.57 Å². The number of hydrogen-bond acceptors (Lipinski definition) is 3. The number of para-hydroxylation sites is 1. The molecular formula is C26H24ClN3O. The second-order valence-electron chi connectivity index (χ2n) is 7.69. The lowest BCUT2D eigenvalue weighted by Crippen LogP contribution is -2.36. The highest BCUT2D eigenvalue weighted by atomic mass is 35.5. The summed E-state index contributed by atoms with van der Waals surface area (Å²) in [6.07, 6.45) is 4.11. The van der Waals surface area contributed by atoms with Crippen LogP contribution in [0.1, 0.15) is 11.1 Å². The van der Waals surface area contributed by atoms with E-state index in [0.29, 0.717) is 0 Å². The molecule has 4 nitrogen and oxygen atoms in total. The number of ether oxygens (including phenoxy) is 1. The monoisotopic (exact) mass is 429 g/mol. The number of morpholine rings is 1. The van der Waals surface area contributed by atoms with Gasteiger partial charge in [-0.05, 0) is 42.0 Å². The molecule has 0 spiro atoms. The Morgan fingerprint density at radius 3 is 2.45 bits per heavy atom. The molecule has 31 heavy (non-hydrogen) atoms. The van der Waals surface area contributed by atoms with E-state index in [1.54, 1.807) is 0 Å². The van der Waals surface area contributed by atoms with Gasteiger partial charge in [-0.25, -0.2) is 0 Å². The van der Waals surface area contributed by atoms with Gasteiger partial charge in [0, 0.05) is 59.2 Å². The SMILES string of the molecule is Clc1ccccc1Cn1cc(C=Nc2ccc(N3CCOCC3)cc2)c2ccccc21. The first-order valence-electron chi connectivity index (χ1n) is 10.6. The topological polar surface area (TPSA) is 29.8 Å². The van der Waals surface area contributed by atoms with E-state index >= 15 is 0 Å². The molecule has 1 fully saturated rings. The lowest BCUT2D eigenvalue weighted by Gasteiger charge is -2.28. The van der Waals surface area contributed by atoms with Gasteiger partial charge in [-0.1, -0.05) is 48.0 Å². The quantitative estimate of drug-likeness (QED) is 0.368. The molecule has 2 heterocycles. The van der Waals surface area contributed by atoms with Crippen LogP contribution in [0.25, 0.3) is 10.9 Å². The first-order valence-corrected chi connectivity index (χ1v) is 10.9. The summed E-state index contributed by atoms with van der Waals surface area (Å²) in [6, 6.07) is 24.8. The Labute approximate surface area is 187 Å². The predicted octanol–water partition coefficient (Wildman–Crippen LogP) is 5.93. The molecule has 4 aromatic rings. The number of aromatic nitrogens is 1. The van der Waals surface area contributed by atoms with Crippen molar-refractivity contribution in [1.29, 1.82) is 0 Å². The zero-order chi connectivity index (χ0) is 21.0. The summed E-state index contributed by atoms with van der Waals surface area (Å²) < 4.78 is 7.67. The van der Waals surface area contributed by atoms with Gasteiger partial charge in [-0.2, -0.15) is 0 Å². The molecule has 0 bridgehead atoms. The van der Waals surface area contributed by atoms with Crippen LogP contribution >= 0.6 is 11.6 Å². The van der Waals surface area contributed by atoms with E-state index in [4.69, 9.17) is 21.3 Å². The molecule has 0 N–H and O–H groups in total. The number of hydrogen-bond donors (Lipinski definition) is 0. The van der Waals surface area contributed by atoms with Gasteiger partial charge < -0.3 is 14.2 Å². The standard InChI is InChI=1S/C26H24ClN3O/c27-25-7-3-1-5-20(25)18-30-19-21(24-6-2-4-8-26(24)30)17-28-22-9-11-23(12-10-22)29-13-15-31-16-14-29/h1-12,17,19H,13-16,18H2. The van der Waals surface area contributed by atoms with Crippen LogP contribution in [0.5, 0.6) is 0 Å². The van der Waals surface area contributed by atoms with Crippen LogP contribution in [0.2, 0.25) is 5.02 Å². The van der Waals surface area contributed by atoms with Crippen molar-refractivity contribution in [3.8, 4) is 0 Å². The molecule has 156 valence electrons. The number of nitrogens with zero attached hydrogens (tertiary/aromatic N) is 3. The lowest BCUT2D eigenvalue weighted by molar-refractivity contribution is 0.122. The van der Waals surface area contributed by atoms with Crippen molar-refractivity contribution in [3.63, 3.8) is 0 Å². The zero-order valence-electron chi connectivity index (χ0n) is 17.2. The number of rotatable bonds is 5. The minimum atomic E-state index is 0.724. The predicted molar refractivity (Wildman–Crippen MR) is 129 cm³/mol. The summed E-state index contributed by atoms with van der Waals surface area (Å²) in [4.78, 5) is 7.09. The van der Waals surface area contributed by atoms with E-state index in [2.05, 4.69) is 70.3 Å². The van der Waals surface area contributed by atoms with Crippen molar-refractivity contribution in [2.75, 3.05) is 31.2 Å². The average Bonchev–Trinajstić information content (AvgIpc) is 3.18. The van der Waals surface area contributed by atoms with E-state index in [1.807, 2.05) is 24.4 Å². The van der Waals surface area contributed by atoms with Crippen LogP contribution in [0.3, 0.4) is 0 Å². The van der Waals surface area contributed by atoms with Crippen molar-refractivity contribution >= 4 is 40.1 Å². The zero-order valence-corrected chi connectivity index (χ0v) is 18.0. The van der Waals surface area contributed by atoms with Crippen LogP contribution in [-0.2, 0) is 11.3 Å². The highest BCUT2D eigenvalue weighted by molar-refractivity contribution is 6.31. The fourth-order valence-corrected chi connectivity index (χ4v) is 4.23. The molecule has 1 aromatic heterocycles. The van der Waals surface area contributed by atoms with Gasteiger partial charge in [-0.15, -0.1) is 0 Å². The Morgan fingerprint density at radius 2 is 1.65 bits per heavy atom. The van der Waals surface area contributed by atoms with Crippen LogP contribution in [0, 0.1) is 0 Å². The number of aliphatic imine (C=N–C) groups is 1. The van der Waals surface area contributed by atoms with Crippen LogP contribution in [0.4, 0.5) is 11.4 Å².